The highest BCUT2D eigenvalue weighted by atomic mass is 19.1. The lowest BCUT2D eigenvalue weighted by Crippen LogP contribution is -2.53. The third kappa shape index (κ3) is 2.38. The van der Waals surface area contributed by atoms with Crippen LogP contribution in [0.4, 0.5) is 10.1 Å². The lowest BCUT2D eigenvalue weighted by molar-refractivity contribution is -0.126. The first-order valence-electron chi connectivity index (χ1n) is 7.94. The van der Waals surface area contributed by atoms with Crippen LogP contribution in [0.25, 0.3) is 0 Å². The van der Waals surface area contributed by atoms with E-state index in [-0.39, 0.29) is 23.7 Å². The van der Waals surface area contributed by atoms with E-state index in [2.05, 4.69) is 0 Å². The van der Waals surface area contributed by atoms with Gasteiger partial charge in [0.05, 0.1) is 12.0 Å². The van der Waals surface area contributed by atoms with Crippen LogP contribution in [0, 0.1) is 5.82 Å². The first-order valence-corrected chi connectivity index (χ1v) is 7.94. The molecule has 0 aromatic heterocycles. The van der Waals surface area contributed by atoms with E-state index in [0.717, 1.165) is 16.8 Å². The molecule has 0 aliphatic carbocycles. The first-order chi connectivity index (χ1) is 11.8. The van der Waals surface area contributed by atoms with Crippen LogP contribution < -0.4 is 4.90 Å². The molecule has 1 fully saturated rings. The number of amides is 1. The minimum absolute atomic E-state index is 0.0432. The van der Waals surface area contributed by atoms with Crippen molar-refractivity contribution in [2.24, 2.45) is 0 Å². The van der Waals surface area contributed by atoms with E-state index in [1.54, 1.807) is 12.1 Å². The Morgan fingerprint density at radius 3 is 1.92 bits per heavy atom. The molecular formula is C21H16FNO. The van der Waals surface area contributed by atoms with Crippen molar-refractivity contribution in [1.29, 1.82) is 0 Å². The van der Waals surface area contributed by atoms with Crippen molar-refractivity contribution in [3.05, 3.63) is 102 Å². The molecule has 4 rings (SSSR count). The van der Waals surface area contributed by atoms with E-state index >= 15 is 0 Å². The van der Waals surface area contributed by atoms with Gasteiger partial charge in [0.15, 0.2) is 0 Å². The second kappa shape index (κ2) is 5.93. The molecule has 118 valence electrons. The molecule has 1 amide bonds. The van der Waals surface area contributed by atoms with Crippen molar-refractivity contribution >= 4 is 11.6 Å². The van der Waals surface area contributed by atoms with Gasteiger partial charge in [0.25, 0.3) is 0 Å². The highest BCUT2D eigenvalue weighted by Gasteiger charge is 2.49. The molecule has 1 aliphatic rings. The zero-order valence-electron chi connectivity index (χ0n) is 13.0. The Labute approximate surface area is 140 Å². The molecule has 0 saturated carbocycles. The number of β-lactam (4-membered cyclic amide) rings is 1. The maximum Gasteiger partial charge on any atom is 0.237 e. The van der Waals surface area contributed by atoms with Crippen LogP contribution in [-0.4, -0.2) is 5.91 Å². The van der Waals surface area contributed by atoms with E-state index in [9.17, 15) is 9.18 Å². The summed E-state index contributed by atoms with van der Waals surface area (Å²) in [5, 5.41) is 0. The van der Waals surface area contributed by atoms with Gasteiger partial charge in [0.2, 0.25) is 5.91 Å². The Morgan fingerprint density at radius 1 is 0.708 bits per heavy atom. The number of halogens is 1. The van der Waals surface area contributed by atoms with Gasteiger partial charge in [-0.25, -0.2) is 4.39 Å². The minimum Gasteiger partial charge on any atom is -0.303 e. The molecule has 0 bridgehead atoms. The molecule has 0 N–H and O–H groups in total. The van der Waals surface area contributed by atoms with Gasteiger partial charge in [0, 0.05) is 5.69 Å². The van der Waals surface area contributed by atoms with E-state index in [4.69, 9.17) is 0 Å². The molecule has 1 heterocycles. The number of benzene rings is 3. The van der Waals surface area contributed by atoms with Crippen LogP contribution in [0.3, 0.4) is 0 Å². The minimum atomic E-state index is -0.290. The number of para-hydroxylation sites is 1. The molecule has 24 heavy (non-hydrogen) atoms. The average molecular weight is 317 g/mol. The Kier molecular flexibility index (Phi) is 3.62. The van der Waals surface area contributed by atoms with E-state index in [0.29, 0.717) is 0 Å². The van der Waals surface area contributed by atoms with Gasteiger partial charge in [-0.1, -0.05) is 60.7 Å². The number of carbonyl (C=O) groups excluding carboxylic acids is 1. The van der Waals surface area contributed by atoms with Crippen LogP contribution in [0.15, 0.2) is 84.9 Å². The standard InChI is InChI=1S/C21H16FNO/c22-17-13-11-15(12-14-17)19-20(16-7-3-1-4-8-16)23(21(19)24)18-9-5-2-6-10-18/h1-14,19-20H. The quantitative estimate of drug-likeness (QED) is 0.641. The zero-order valence-corrected chi connectivity index (χ0v) is 13.0. The molecular weight excluding hydrogens is 301 g/mol. The van der Waals surface area contributed by atoms with Crippen molar-refractivity contribution in [3.8, 4) is 0 Å². The number of anilines is 1. The third-order valence-corrected chi connectivity index (χ3v) is 4.50. The fourth-order valence-corrected chi connectivity index (χ4v) is 3.35. The van der Waals surface area contributed by atoms with Crippen molar-refractivity contribution in [3.63, 3.8) is 0 Å². The average Bonchev–Trinajstić information content (AvgIpc) is 2.63. The Balaban J connectivity index is 1.77. The second-order valence-electron chi connectivity index (χ2n) is 5.93. The summed E-state index contributed by atoms with van der Waals surface area (Å²) in [6.07, 6.45) is 0. The van der Waals surface area contributed by atoms with Crippen LogP contribution in [0.5, 0.6) is 0 Å². The summed E-state index contributed by atoms with van der Waals surface area (Å²) >= 11 is 0. The van der Waals surface area contributed by atoms with E-state index in [1.165, 1.54) is 12.1 Å². The molecule has 0 spiro atoms. The zero-order chi connectivity index (χ0) is 16.5. The Hall–Kier alpha value is -2.94. The molecule has 1 aliphatic heterocycles. The maximum absolute atomic E-state index is 13.2. The lowest BCUT2D eigenvalue weighted by atomic mass is 9.77. The van der Waals surface area contributed by atoms with E-state index < -0.39 is 0 Å². The van der Waals surface area contributed by atoms with Crippen LogP contribution in [0.1, 0.15) is 23.1 Å². The van der Waals surface area contributed by atoms with Crippen LogP contribution >= 0.6 is 0 Å². The molecule has 3 heteroatoms. The van der Waals surface area contributed by atoms with Gasteiger partial charge in [-0.2, -0.15) is 0 Å². The molecule has 0 radical (unpaired) electrons. The topological polar surface area (TPSA) is 20.3 Å². The van der Waals surface area contributed by atoms with Crippen molar-refractivity contribution < 1.29 is 9.18 Å². The molecule has 3 aromatic rings. The fraction of sp³-hybridized carbons (Fsp3) is 0.0952. The van der Waals surface area contributed by atoms with Crippen LogP contribution in [0.2, 0.25) is 0 Å². The maximum atomic E-state index is 13.2. The van der Waals surface area contributed by atoms with Gasteiger partial charge in [-0.3, -0.25) is 4.79 Å². The van der Waals surface area contributed by atoms with Crippen molar-refractivity contribution in [2.75, 3.05) is 4.90 Å². The number of rotatable bonds is 3. The smallest absolute Gasteiger partial charge is 0.237 e. The summed E-state index contributed by atoms with van der Waals surface area (Å²) in [7, 11) is 0. The summed E-state index contributed by atoms with van der Waals surface area (Å²) in [5.41, 5.74) is 2.81. The van der Waals surface area contributed by atoms with Gasteiger partial charge in [-0.05, 0) is 35.4 Å². The largest absolute Gasteiger partial charge is 0.303 e. The molecule has 2 atom stereocenters. The lowest BCUT2D eigenvalue weighted by Gasteiger charge is -2.47. The molecule has 1 saturated heterocycles. The van der Waals surface area contributed by atoms with Crippen molar-refractivity contribution in [1.82, 2.24) is 0 Å². The number of hydrogen-bond donors (Lipinski definition) is 0. The van der Waals surface area contributed by atoms with Gasteiger partial charge in [0.1, 0.15) is 5.82 Å². The predicted octanol–water partition coefficient (Wildman–Crippen LogP) is 4.70. The highest BCUT2D eigenvalue weighted by Crippen LogP contribution is 2.48. The summed E-state index contributed by atoms with van der Waals surface area (Å²) in [5.74, 6) is -0.531. The van der Waals surface area contributed by atoms with Gasteiger partial charge in [-0.15, -0.1) is 0 Å². The predicted molar refractivity (Wildman–Crippen MR) is 92.3 cm³/mol. The number of hydrogen-bond acceptors (Lipinski definition) is 1. The fourth-order valence-electron chi connectivity index (χ4n) is 3.35. The SMILES string of the molecule is O=C1C(c2ccc(F)cc2)C(c2ccccc2)N1c1ccccc1. The number of nitrogens with zero attached hydrogens (tertiary/aromatic N) is 1. The Bertz CT molecular complexity index is 846. The van der Waals surface area contributed by atoms with E-state index in [1.807, 2.05) is 65.6 Å². The van der Waals surface area contributed by atoms with Crippen molar-refractivity contribution in [2.45, 2.75) is 12.0 Å². The normalized spacial score (nSPS) is 19.9. The monoisotopic (exact) mass is 317 g/mol. The third-order valence-electron chi connectivity index (χ3n) is 4.50. The van der Waals surface area contributed by atoms with Gasteiger partial charge < -0.3 is 4.90 Å². The molecule has 2 nitrogen and oxygen atoms in total. The summed E-state index contributed by atoms with van der Waals surface area (Å²) < 4.78 is 13.2. The van der Waals surface area contributed by atoms with Gasteiger partial charge >= 0.3 is 0 Å². The number of carbonyl (C=O) groups is 1. The summed E-state index contributed by atoms with van der Waals surface area (Å²) in [4.78, 5) is 14.7. The summed E-state index contributed by atoms with van der Waals surface area (Å²) in [6.45, 7) is 0. The Morgan fingerprint density at radius 2 is 1.29 bits per heavy atom. The highest BCUT2D eigenvalue weighted by molar-refractivity contribution is 6.06. The summed E-state index contributed by atoms with van der Waals surface area (Å²) in [6, 6.07) is 25.8. The second-order valence-corrected chi connectivity index (χ2v) is 5.93. The molecule has 2 unspecified atom stereocenters. The first kappa shape index (κ1) is 14.6. The molecule has 3 aromatic carbocycles. The van der Waals surface area contributed by atoms with Crippen LogP contribution in [-0.2, 0) is 4.79 Å².